The van der Waals surface area contributed by atoms with Crippen molar-refractivity contribution in [2.45, 2.75) is 5.03 Å². The molecule has 1 amide bonds. The number of nitrogens with one attached hydrogen (secondary N) is 1. The number of aromatic nitrogens is 4. The Kier molecular flexibility index (Phi) is 5.39. The molecule has 29 heavy (non-hydrogen) atoms. The van der Waals surface area contributed by atoms with Crippen LogP contribution >= 0.6 is 11.8 Å². The van der Waals surface area contributed by atoms with Crippen LogP contribution in [-0.4, -0.2) is 38.5 Å². The highest BCUT2D eigenvalue weighted by Gasteiger charge is 2.13. The number of amides is 1. The summed E-state index contributed by atoms with van der Waals surface area (Å²) in [5, 5.41) is 8.53. The summed E-state index contributed by atoms with van der Waals surface area (Å²) >= 11 is 1.29. The third kappa shape index (κ3) is 4.19. The average molecular weight is 409 g/mol. The molecule has 4 rings (SSSR count). The number of halogens is 1. The summed E-state index contributed by atoms with van der Waals surface area (Å²) in [6.07, 6.45) is 3.07. The third-order valence-corrected chi connectivity index (χ3v) is 5.12. The highest BCUT2D eigenvalue weighted by molar-refractivity contribution is 8.00. The van der Waals surface area contributed by atoms with Gasteiger partial charge in [0, 0.05) is 5.69 Å². The Bertz CT molecular complexity index is 1150. The Hall–Kier alpha value is -3.46. The van der Waals surface area contributed by atoms with Crippen molar-refractivity contribution in [3.05, 3.63) is 66.9 Å². The van der Waals surface area contributed by atoms with Crippen LogP contribution in [0, 0.1) is 5.82 Å². The molecule has 0 spiro atoms. The van der Waals surface area contributed by atoms with Gasteiger partial charge in [0.2, 0.25) is 5.91 Å². The van der Waals surface area contributed by atoms with Gasteiger partial charge in [-0.2, -0.15) is 5.10 Å². The molecule has 4 aromatic rings. The first kappa shape index (κ1) is 18.9. The van der Waals surface area contributed by atoms with Gasteiger partial charge in [0.05, 0.1) is 30.1 Å². The molecular formula is C20H16FN5O2S. The second-order valence-corrected chi connectivity index (χ2v) is 6.98. The van der Waals surface area contributed by atoms with Crippen molar-refractivity contribution in [3.8, 4) is 11.4 Å². The normalized spacial score (nSPS) is 10.8. The second kappa shape index (κ2) is 8.27. The van der Waals surface area contributed by atoms with Crippen LogP contribution in [0.1, 0.15) is 0 Å². The van der Waals surface area contributed by atoms with Gasteiger partial charge in [0.15, 0.2) is 5.65 Å². The molecule has 7 nitrogen and oxygen atoms in total. The molecule has 0 atom stereocenters. The maximum absolute atomic E-state index is 13.2. The Balaban J connectivity index is 1.48. The van der Waals surface area contributed by atoms with Gasteiger partial charge >= 0.3 is 0 Å². The van der Waals surface area contributed by atoms with E-state index in [2.05, 4.69) is 20.4 Å². The lowest BCUT2D eigenvalue weighted by molar-refractivity contribution is -0.113. The molecule has 0 aliphatic rings. The number of rotatable bonds is 6. The van der Waals surface area contributed by atoms with E-state index in [-0.39, 0.29) is 17.5 Å². The summed E-state index contributed by atoms with van der Waals surface area (Å²) in [6, 6.07) is 13.1. The summed E-state index contributed by atoms with van der Waals surface area (Å²) in [7, 11) is 1.59. The maximum atomic E-state index is 13.2. The van der Waals surface area contributed by atoms with E-state index < -0.39 is 0 Å². The van der Waals surface area contributed by atoms with Crippen LogP contribution in [-0.2, 0) is 4.79 Å². The fourth-order valence-corrected chi connectivity index (χ4v) is 3.48. The van der Waals surface area contributed by atoms with Crippen LogP contribution in [0.5, 0.6) is 5.75 Å². The number of nitrogens with zero attached hydrogens (tertiary/aromatic N) is 4. The van der Waals surface area contributed by atoms with Gasteiger partial charge in [-0.3, -0.25) is 4.79 Å². The molecule has 0 saturated carbocycles. The maximum Gasteiger partial charge on any atom is 0.234 e. The summed E-state index contributed by atoms with van der Waals surface area (Å²) in [6.45, 7) is 0. The minimum atomic E-state index is -0.320. The molecule has 0 unspecified atom stereocenters. The zero-order valence-corrected chi connectivity index (χ0v) is 16.2. The van der Waals surface area contributed by atoms with E-state index in [1.54, 1.807) is 54.4 Å². The number of carbonyl (C=O) groups excluding carboxylic acids is 1. The van der Waals surface area contributed by atoms with E-state index in [1.807, 2.05) is 0 Å². The molecule has 0 fully saturated rings. The van der Waals surface area contributed by atoms with Gasteiger partial charge in [0.1, 0.15) is 22.9 Å². The van der Waals surface area contributed by atoms with E-state index >= 15 is 0 Å². The van der Waals surface area contributed by atoms with Crippen LogP contribution in [0.25, 0.3) is 16.7 Å². The fraction of sp³-hybridized carbons (Fsp3) is 0.100. The zero-order valence-electron chi connectivity index (χ0n) is 15.4. The highest BCUT2D eigenvalue weighted by atomic mass is 32.2. The van der Waals surface area contributed by atoms with E-state index in [1.165, 1.54) is 30.2 Å². The van der Waals surface area contributed by atoms with Gasteiger partial charge in [-0.15, -0.1) is 0 Å². The number of fused-ring (bicyclic) bond motifs is 1. The summed E-state index contributed by atoms with van der Waals surface area (Å²) in [4.78, 5) is 20.8. The Morgan fingerprint density at radius 2 is 1.90 bits per heavy atom. The molecule has 2 aromatic carbocycles. The van der Waals surface area contributed by atoms with Crippen LogP contribution in [0.4, 0.5) is 10.1 Å². The van der Waals surface area contributed by atoms with Crippen LogP contribution in [0.2, 0.25) is 0 Å². The molecule has 0 aliphatic carbocycles. The monoisotopic (exact) mass is 409 g/mol. The minimum Gasteiger partial charge on any atom is -0.497 e. The fourth-order valence-electron chi connectivity index (χ4n) is 2.71. The van der Waals surface area contributed by atoms with E-state index in [0.717, 1.165) is 11.1 Å². The average Bonchev–Trinajstić information content (AvgIpc) is 3.18. The zero-order chi connectivity index (χ0) is 20.2. The molecule has 146 valence electrons. The quantitative estimate of drug-likeness (QED) is 0.386. The molecule has 9 heteroatoms. The third-order valence-electron chi connectivity index (χ3n) is 4.11. The number of ether oxygens (including phenoxy) is 1. The molecule has 0 aliphatic heterocycles. The number of hydrogen-bond donors (Lipinski definition) is 1. The van der Waals surface area contributed by atoms with E-state index in [4.69, 9.17) is 4.74 Å². The van der Waals surface area contributed by atoms with Crippen molar-refractivity contribution >= 4 is 34.4 Å². The predicted octanol–water partition coefficient (Wildman–Crippen LogP) is 3.69. The van der Waals surface area contributed by atoms with Crippen LogP contribution in [0.3, 0.4) is 0 Å². The second-order valence-electron chi connectivity index (χ2n) is 6.01. The van der Waals surface area contributed by atoms with Gasteiger partial charge in [-0.1, -0.05) is 11.8 Å². The van der Waals surface area contributed by atoms with Crippen LogP contribution in [0.15, 0.2) is 66.1 Å². The highest BCUT2D eigenvalue weighted by Crippen LogP contribution is 2.26. The van der Waals surface area contributed by atoms with Crippen molar-refractivity contribution in [3.63, 3.8) is 0 Å². The largest absolute Gasteiger partial charge is 0.497 e. The van der Waals surface area contributed by atoms with Crippen molar-refractivity contribution < 1.29 is 13.9 Å². The van der Waals surface area contributed by atoms with Gasteiger partial charge in [-0.25, -0.2) is 19.0 Å². The molecule has 0 radical (unpaired) electrons. The molecule has 2 heterocycles. The smallest absolute Gasteiger partial charge is 0.234 e. The van der Waals surface area contributed by atoms with Crippen molar-refractivity contribution in [1.29, 1.82) is 0 Å². The molecule has 1 N–H and O–H groups in total. The number of thioether (sulfide) groups is 1. The summed E-state index contributed by atoms with van der Waals surface area (Å²) in [5.74, 6) is 0.426. The number of methoxy groups -OCH3 is 1. The van der Waals surface area contributed by atoms with Crippen LogP contribution < -0.4 is 10.1 Å². The molecule has 2 aromatic heterocycles. The van der Waals surface area contributed by atoms with E-state index in [0.29, 0.717) is 22.0 Å². The molecule has 0 saturated heterocycles. The Labute approximate surface area is 169 Å². The lowest BCUT2D eigenvalue weighted by Crippen LogP contribution is -2.14. The van der Waals surface area contributed by atoms with E-state index in [9.17, 15) is 9.18 Å². The topological polar surface area (TPSA) is 81.9 Å². The van der Waals surface area contributed by atoms with Gasteiger partial charge in [0.25, 0.3) is 0 Å². The number of anilines is 1. The first-order chi connectivity index (χ1) is 14.1. The molecular weight excluding hydrogens is 393 g/mol. The van der Waals surface area contributed by atoms with Crippen molar-refractivity contribution in [2.24, 2.45) is 0 Å². The first-order valence-electron chi connectivity index (χ1n) is 8.65. The van der Waals surface area contributed by atoms with Gasteiger partial charge < -0.3 is 10.1 Å². The Morgan fingerprint density at radius 1 is 1.14 bits per heavy atom. The predicted molar refractivity (Wildman–Crippen MR) is 109 cm³/mol. The van der Waals surface area contributed by atoms with Crippen molar-refractivity contribution in [2.75, 3.05) is 18.2 Å². The minimum absolute atomic E-state index is 0.155. The standard InChI is InChI=1S/C20H16FN5O2S/c1-28-16-8-4-14(5-9-16)25-18(27)11-29-20-17-10-24-26(19(17)22-12-23-20)15-6-2-13(21)3-7-15/h2-10,12H,11H2,1H3,(H,25,27). The lowest BCUT2D eigenvalue weighted by Gasteiger charge is -2.07. The lowest BCUT2D eigenvalue weighted by atomic mass is 10.3. The summed E-state index contributed by atoms with van der Waals surface area (Å²) in [5.41, 5.74) is 1.96. The SMILES string of the molecule is COc1ccc(NC(=O)CSc2ncnc3c2cnn3-c2ccc(F)cc2)cc1. The number of benzene rings is 2. The number of carbonyl (C=O) groups is 1. The Morgan fingerprint density at radius 3 is 2.62 bits per heavy atom. The first-order valence-corrected chi connectivity index (χ1v) is 9.64. The number of hydrogen-bond acceptors (Lipinski definition) is 6. The molecule has 0 bridgehead atoms. The van der Waals surface area contributed by atoms with Crippen molar-refractivity contribution in [1.82, 2.24) is 19.7 Å². The summed E-state index contributed by atoms with van der Waals surface area (Å²) < 4.78 is 19.9. The van der Waals surface area contributed by atoms with Gasteiger partial charge in [-0.05, 0) is 48.5 Å².